The minimum atomic E-state index is -0.157. The van der Waals surface area contributed by atoms with E-state index in [0.717, 1.165) is 32.4 Å². The molecule has 0 rings (SSSR count). The molecular formula is C24H48N2O4. The third kappa shape index (κ3) is 17.7. The van der Waals surface area contributed by atoms with Gasteiger partial charge in [0.1, 0.15) is 0 Å². The predicted octanol–water partition coefficient (Wildman–Crippen LogP) is 4.32. The van der Waals surface area contributed by atoms with Crippen molar-refractivity contribution < 1.29 is 19.1 Å². The molecule has 0 aromatic carbocycles. The highest BCUT2D eigenvalue weighted by molar-refractivity contribution is 5.69. The van der Waals surface area contributed by atoms with E-state index in [1.54, 1.807) is 0 Å². The van der Waals surface area contributed by atoms with Crippen molar-refractivity contribution in [1.82, 2.24) is 10.6 Å². The molecule has 0 amide bonds. The lowest BCUT2D eigenvalue weighted by Gasteiger charge is -2.34. The molecule has 0 aromatic heterocycles. The van der Waals surface area contributed by atoms with Crippen LogP contribution in [0.1, 0.15) is 87.5 Å². The topological polar surface area (TPSA) is 76.7 Å². The maximum absolute atomic E-state index is 12.0. The van der Waals surface area contributed by atoms with Crippen molar-refractivity contribution >= 4 is 11.9 Å². The smallest absolute Gasteiger partial charge is 0.307 e. The molecule has 1 unspecified atom stereocenters. The van der Waals surface area contributed by atoms with Crippen molar-refractivity contribution in [3.63, 3.8) is 0 Å². The zero-order valence-electron chi connectivity index (χ0n) is 20.9. The molecule has 6 heteroatoms. The standard InChI is InChI=1S/C24H48N2O4/c1-9-24(8,17-22(2,3)4)19-30-21(28)12-16-26-14-10-13-25-15-11-20(27)29-18-23(5,6)7/h25-26H,9-19H2,1-8H3. The summed E-state index contributed by atoms with van der Waals surface area (Å²) in [4.78, 5) is 23.6. The fourth-order valence-corrected chi connectivity index (χ4v) is 3.22. The maximum atomic E-state index is 12.0. The number of hydrogen-bond acceptors (Lipinski definition) is 6. The highest BCUT2D eigenvalue weighted by atomic mass is 16.5. The van der Waals surface area contributed by atoms with Crippen LogP contribution in [0.3, 0.4) is 0 Å². The first-order valence-corrected chi connectivity index (χ1v) is 11.5. The number of carbonyl (C=O) groups excluding carboxylic acids is 2. The molecule has 178 valence electrons. The van der Waals surface area contributed by atoms with Crippen LogP contribution in [0, 0.1) is 16.2 Å². The third-order valence-electron chi connectivity index (χ3n) is 4.78. The quantitative estimate of drug-likeness (QED) is 0.299. The van der Waals surface area contributed by atoms with Crippen molar-refractivity contribution in [2.45, 2.75) is 87.5 Å². The molecule has 0 saturated heterocycles. The zero-order valence-corrected chi connectivity index (χ0v) is 20.9. The molecule has 6 nitrogen and oxygen atoms in total. The van der Waals surface area contributed by atoms with Gasteiger partial charge in [-0.15, -0.1) is 0 Å². The normalized spacial score (nSPS) is 14.3. The van der Waals surface area contributed by atoms with Crippen LogP contribution < -0.4 is 10.6 Å². The second-order valence-electron chi connectivity index (χ2n) is 11.1. The minimum absolute atomic E-state index is 0.00325. The lowest BCUT2D eigenvalue weighted by molar-refractivity contribution is -0.148. The van der Waals surface area contributed by atoms with Gasteiger partial charge in [0, 0.05) is 18.5 Å². The van der Waals surface area contributed by atoms with E-state index in [9.17, 15) is 9.59 Å². The van der Waals surface area contributed by atoms with E-state index in [2.05, 4.69) is 45.3 Å². The van der Waals surface area contributed by atoms with Crippen LogP contribution in [0.25, 0.3) is 0 Å². The molecule has 0 radical (unpaired) electrons. The fourth-order valence-electron chi connectivity index (χ4n) is 3.22. The molecule has 0 aliphatic rings. The lowest BCUT2D eigenvalue weighted by atomic mass is 9.74. The average Bonchev–Trinajstić information content (AvgIpc) is 2.61. The zero-order chi connectivity index (χ0) is 23.3. The Morgan fingerprint density at radius 2 is 1.17 bits per heavy atom. The number of ether oxygens (including phenoxy) is 2. The second-order valence-corrected chi connectivity index (χ2v) is 11.1. The second kappa shape index (κ2) is 14.0. The number of nitrogens with one attached hydrogen (secondary N) is 2. The average molecular weight is 429 g/mol. The molecule has 0 heterocycles. The Balaban J connectivity index is 3.68. The fraction of sp³-hybridized carbons (Fsp3) is 0.917. The molecule has 1 atom stereocenters. The Morgan fingerprint density at radius 1 is 0.700 bits per heavy atom. The first-order valence-electron chi connectivity index (χ1n) is 11.5. The van der Waals surface area contributed by atoms with Gasteiger partial charge in [-0.25, -0.2) is 0 Å². The van der Waals surface area contributed by atoms with Gasteiger partial charge in [-0.05, 0) is 43.2 Å². The molecule has 0 aliphatic heterocycles. The van der Waals surface area contributed by atoms with E-state index in [1.807, 2.05) is 20.8 Å². The van der Waals surface area contributed by atoms with E-state index in [0.29, 0.717) is 39.1 Å². The molecule has 0 spiro atoms. The molecular weight excluding hydrogens is 380 g/mol. The molecule has 0 bridgehead atoms. The van der Waals surface area contributed by atoms with Crippen LogP contribution in [0.4, 0.5) is 0 Å². The van der Waals surface area contributed by atoms with E-state index in [-0.39, 0.29) is 28.2 Å². The summed E-state index contributed by atoms with van der Waals surface area (Å²) < 4.78 is 10.8. The summed E-state index contributed by atoms with van der Waals surface area (Å²) in [6.07, 6.45) is 3.75. The minimum Gasteiger partial charge on any atom is -0.465 e. The maximum Gasteiger partial charge on any atom is 0.307 e. The van der Waals surface area contributed by atoms with Crippen LogP contribution in [0.15, 0.2) is 0 Å². The first kappa shape index (κ1) is 28.9. The van der Waals surface area contributed by atoms with Crippen LogP contribution in [-0.2, 0) is 19.1 Å². The monoisotopic (exact) mass is 428 g/mol. The molecule has 0 saturated carbocycles. The van der Waals surface area contributed by atoms with Gasteiger partial charge >= 0.3 is 11.9 Å². The first-order chi connectivity index (χ1) is 13.8. The van der Waals surface area contributed by atoms with Gasteiger partial charge in [-0.1, -0.05) is 55.4 Å². The van der Waals surface area contributed by atoms with Crippen molar-refractivity contribution in [3.8, 4) is 0 Å². The van der Waals surface area contributed by atoms with Gasteiger partial charge in [0.15, 0.2) is 0 Å². The van der Waals surface area contributed by atoms with E-state index in [4.69, 9.17) is 9.47 Å². The Bertz CT molecular complexity index is 494. The lowest BCUT2D eigenvalue weighted by Crippen LogP contribution is -2.30. The molecule has 0 fully saturated rings. The largest absolute Gasteiger partial charge is 0.465 e. The van der Waals surface area contributed by atoms with Gasteiger partial charge in [0.05, 0.1) is 26.1 Å². The van der Waals surface area contributed by atoms with E-state index in [1.165, 1.54) is 0 Å². The highest BCUT2D eigenvalue weighted by Gasteiger charge is 2.29. The van der Waals surface area contributed by atoms with Gasteiger partial charge in [-0.3, -0.25) is 9.59 Å². The summed E-state index contributed by atoms with van der Waals surface area (Å²) in [5, 5.41) is 6.51. The summed E-state index contributed by atoms with van der Waals surface area (Å²) in [5.74, 6) is -0.293. The summed E-state index contributed by atoms with van der Waals surface area (Å²) in [6, 6.07) is 0. The third-order valence-corrected chi connectivity index (χ3v) is 4.78. The Morgan fingerprint density at radius 3 is 1.57 bits per heavy atom. The van der Waals surface area contributed by atoms with Crippen LogP contribution in [0.5, 0.6) is 0 Å². The molecule has 0 aromatic rings. The summed E-state index contributed by atoms with van der Waals surface area (Å²) in [7, 11) is 0. The van der Waals surface area contributed by atoms with Gasteiger partial charge in [-0.2, -0.15) is 0 Å². The molecule has 2 N–H and O–H groups in total. The Kier molecular flexibility index (Phi) is 13.5. The Labute approximate surface area is 185 Å². The van der Waals surface area contributed by atoms with E-state index < -0.39 is 0 Å². The van der Waals surface area contributed by atoms with Gasteiger partial charge in [0.25, 0.3) is 0 Å². The molecule has 0 aliphatic carbocycles. The summed E-state index contributed by atoms with van der Waals surface area (Å²) in [6.45, 7) is 21.0. The van der Waals surface area contributed by atoms with Crippen LogP contribution >= 0.6 is 0 Å². The number of hydrogen-bond donors (Lipinski definition) is 2. The van der Waals surface area contributed by atoms with E-state index >= 15 is 0 Å². The number of esters is 2. The van der Waals surface area contributed by atoms with Crippen molar-refractivity contribution in [1.29, 1.82) is 0 Å². The van der Waals surface area contributed by atoms with Crippen LogP contribution in [0.2, 0.25) is 0 Å². The SMILES string of the molecule is CCC(C)(COC(=O)CCNCCCNCCC(=O)OCC(C)(C)C)CC(C)(C)C. The van der Waals surface area contributed by atoms with Gasteiger partial charge in [0.2, 0.25) is 0 Å². The summed E-state index contributed by atoms with van der Waals surface area (Å²) >= 11 is 0. The highest BCUT2D eigenvalue weighted by Crippen LogP contribution is 2.36. The van der Waals surface area contributed by atoms with Crippen molar-refractivity contribution in [2.75, 3.05) is 39.4 Å². The number of carbonyl (C=O) groups is 2. The van der Waals surface area contributed by atoms with Crippen molar-refractivity contribution in [3.05, 3.63) is 0 Å². The van der Waals surface area contributed by atoms with Crippen molar-refractivity contribution in [2.24, 2.45) is 16.2 Å². The van der Waals surface area contributed by atoms with Crippen LogP contribution in [-0.4, -0.2) is 51.3 Å². The molecule has 30 heavy (non-hydrogen) atoms. The predicted molar refractivity (Wildman–Crippen MR) is 123 cm³/mol. The Hall–Kier alpha value is -1.14. The number of rotatable bonds is 15. The van der Waals surface area contributed by atoms with Gasteiger partial charge < -0.3 is 20.1 Å². The summed E-state index contributed by atoms with van der Waals surface area (Å²) in [5.41, 5.74) is 0.259.